The summed E-state index contributed by atoms with van der Waals surface area (Å²) in [7, 11) is 1.62. The van der Waals surface area contributed by atoms with Crippen LogP contribution in [0.1, 0.15) is 24.1 Å². The van der Waals surface area contributed by atoms with Crippen molar-refractivity contribution in [2.75, 3.05) is 26.7 Å². The highest BCUT2D eigenvalue weighted by molar-refractivity contribution is 9.13. The fraction of sp³-hybridized carbons (Fsp3) is 0.455. The Morgan fingerprint density at radius 3 is 2.70 bits per heavy atom. The average molecular weight is 555 g/mol. The Balaban J connectivity index is 1.31. The van der Waals surface area contributed by atoms with Gasteiger partial charge in [0.2, 0.25) is 0 Å². The van der Waals surface area contributed by atoms with Gasteiger partial charge in [-0.05, 0) is 88.7 Å². The molecule has 160 valence electrons. The Labute approximate surface area is 197 Å². The highest BCUT2D eigenvalue weighted by atomic mass is 79.9. The zero-order chi connectivity index (χ0) is 21.1. The lowest BCUT2D eigenvalue weighted by Gasteiger charge is -2.32. The molecule has 30 heavy (non-hydrogen) atoms. The second-order valence-electron chi connectivity index (χ2n) is 7.76. The lowest BCUT2D eigenvalue weighted by atomic mass is 9.92. The van der Waals surface area contributed by atoms with Crippen molar-refractivity contribution in [3.8, 4) is 5.75 Å². The predicted octanol–water partition coefficient (Wildman–Crippen LogP) is 5.34. The van der Waals surface area contributed by atoms with Crippen molar-refractivity contribution in [2.45, 2.75) is 32.2 Å². The summed E-state index contributed by atoms with van der Waals surface area (Å²) in [6.07, 6.45) is 6.55. The number of aromatic nitrogens is 2. The first-order valence-corrected chi connectivity index (χ1v) is 12.6. The summed E-state index contributed by atoms with van der Waals surface area (Å²) in [6.45, 7) is 3.76. The van der Waals surface area contributed by atoms with Gasteiger partial charge in [-0.15, -0.1) is 11.3 Å². The van der Waals surface area contributed by atoms with E-state index in [2.05, 4.69) is 47.8 Å². The lowest BCUT2D eigenvalue weighted by molar-refractivity contribution is 0.174. The Morgan fingerprint density at radius 1 is 1.20 bits per heavy atom. The van der Waals surface area contributed by atoms with E-state index in [9.17, 15) is 4.79 Å². The molecule has 0 atom stereocenters. The van der Waals surface area contributed by atoms with Crippen molar-refractivity contribution in [2.24, 2.45) is 5.92 Å². The molecule has 0 spiro atoms. The van der Waals surface area contributed by atoms with Gasteiger partial charge in [-0.25, -0.2) is 0 Å². The van der Waals surface area contributed by atoms with Gasteiger partial charge in [0.25, 0.3) is 5.56 Å². The SMILES string of the molecule is COc1cnc2ccc(=O)n(CCN3CCC(CCc4cc(Br)c(Br)s4)CC3)c2c1. The van der Waals surface area contributed by atoms with Gasteiger partial charge in [0.15, 0.2) is 0 Å². The molecule has 1 aliphatic heterocycles. The molecule has 8 heteroatoms. The van der Waals surface area contributed by atoms with Gasteiger partial charge in [-0.2, -0.15) is 0 Å². The first-order chi connectivity index (χ1) is 14.5. The number of halogens is 2. The number of pyridine rings is 2. The number of fused-ring (bicyclic) bond motifs is 1. The molecule has 0 saturated carbocycles. The summed E-state index contributed by atoms with van der Waals surface area (Å²) in [4.78, 5) is 20.8. The van der Waals surface area contributed by atoms with Crippen molar-refractivity contribution < 1.29 is 4.74 Å². The summed E-state index contributed by atoms with van der Waals surface area (Å²) in [5.74, 6) is 1.46. The number of hydrogen-bond donors (Lipinski definition) is 0. The number of hydrogen-bond acceptors (Lipinski definition) is 5. The number of ether oxygens (including phenoxy) is 1. The van der Waals surface area contributed by atoms with Gasteiger partial charge >= 0.3 is 0 Å². The third kappa shape index (κ3) is 5.15. The summed E-state index contributed by atoms with van der Waals surface area (Å²) >= 11 is 8.99. The monoisotopic (exact) mass is 553 g/mol. The Kier molecular flexibility index (Phi) is 7.28. The molecule has 0 N–H and O–H groups in total. The van der Waals surface area contributed by atoms with Gasteiger partial charge < -0.3 is 14.2 Å². The van der Waals surface area contributed by atoms with Crippen LogP contribution in [0.3, 0.4) is 0 Å². The van der Waals surface area contributed by atoms with Crippen LogP contribution < -0.4 is 10.3 Å². The quantitative estimate of drug-likeness (QED) is 0.395. The van der Waals surface area contributed by atoms with Crippen LogP contribution in [-0.4, -0.2) is 41.2 Å². The number of nitrogens with zero attached hydrogens (tertiary/aromatic N) is 3. The molecule has 0 amide bonds. The van der Waals surface area contributed by atoms with Crippen LogP contribution in [0.25, 0.3) is 11.0 Å². The maximum absolute atomic E-state index is 12.5. The molecule has 0 bridgehead atoms. The van der Waals surface area contributed by atoms with Crippen molar-refractivity contribution >= 4 is 54.2 Å². The number of aryl methyl sites for hydroxylation is 1. The number of rotatable bonds is 7. The lowest BCUT2D eigenvalue weighted by Crippen LogP contribution is -2.37. The second kappa shape index (κ2) is 9.94. The van der Waals surface area contributed by atoms with Crippen LogP contribution in [0.15, 0.2) is 43.5 Å². The number of thiophene rings is 1. The van der Waals surface area contributed by atoms with E-state index in [0.717, 1.165) is 47.5 Å². The fourth-order valence-corrected chi connectivity index (χ4v) is 6.28. The predicted molar refractivity (Wildman–Crippen MR) is 130 cm³/mol. The third-order valence-corrected chi connectivity index (χ3v) is 9.21. The van der Waals surface area contributed by atoms with E-state index in [-0.39, 0.29) is 5.56 Å². The fourth-order valence-electron chi connectivity index (χ4n) is 4.09. The molecule has 1 aliphatic rings. The third-order valence-electron chi connectivity index (χ3n) is 5.89. The summed E-state index contributed by atoms with van der Waals surface area (Å²) in [5, 5.41) is 0. The first-order valence-electron chi connectivity index (χ1n) is 10.2. The van der Waals surface area contributed by atoms with Crippen LogP contribution in [0.4, 0.5) is 0 Å². The Hall–Kier alpha value is -1.22. The molecule has 0 unspecified atom stereocenters. The molecule has 3 aromatic rings. The highest BCUT2D eigenvalue weighted by Crippen LogP contribution is 2.34. The van der Waals surface area contributed by atoms with Crippen molar-refractivity contribution in [3.63, 3.8) is 0 Å². The first kappa shape index (κ1) is 22.0. The molecule has 3 aromatic heterocycles. The second-order valence-corrected chi connectivity index (χ2v) is 11.1. The molecule has 0 aromatic carbocycles. The molecule has 1 fully saturated rings. The largest absolute Gasteiger partial charge is 0.495 e. The summed E-state index contributed by atoms with van der Waals surface area (Å²) < 4.78 is 9.46. The van der Waals surface area contributed by atoms with E-state index in [0.29, 0.717) is 12.3 Å². The zero-order valence-electron chi connectivity index (χ0n) is 16.9. The number of likely N-dealkylation sites (tertiary alicyclic amines) is 1. The zero-order valence-corrected chi connectivity index (χ0v) is 20.9. The van der Waals surface area contributed by atoms with Crippen molar-refractivity contribution in [1.29, 1.82) is 0 Å². The normalized spacial score (nSPS) is 15.7. The van der Waals surface area contributed by atoms with E-state index < -0.39 is 0 Å². The Morgan fingerprint density at radius 2 is 2.00 bits per heavy atom. The molecule has 0 radical (unpaired) electrons. The molecule has 4 heterocycles. The molecular formula is C22H25Br2N3O2S. The standard InChI is InChI=1S/C22H25Br2N3O2S/c1-29-16-12-20-19(25-14-16)4-5-21(28)27(20)11-10-26-8-6-15(7-9-26)2-3-17-13-18(23)22(24)30-17/h4-5,12-15H,2-3,6-11H2,1H3. The highest BCUT2D eigenvalue weighted by Gasteiger charge is 2.20. The molecule has 5 nitrogen and oxygen atoms in total. The van der Waals surface area contributed by atoms with Crippen molar-refractivity contribution in [1.82, 2.24) is 14.5 Å². The minimum Gasteiger partial charge on any atom is -0.495 e. The summed E-state index contributed by atoms with van der Waals surface area (Å²) in [6, 6.07) is 7.52. The number of piperidine rings is 1. The van der Waals surface area contributed by atoms with E-state index in [1.807, 2.05) is 22.0 Å². The maximum Gasteiger partial charge on any atom is 0.251 e. The van der Waals surface area contributed by atoms with E-state index in [1.54, 1.807) is 25.4 Å². The van der Waals surface area contributed by atoms with Crippen LogP contribution in [0.2, 0.25) is 0 Å². The molecule has 4 rings (SSSR count). The van der Waals surface area contributed by atoms with Crippen LogP contribution in [-0.2, 0) is 13.0 Å². The van der Waals surface area contributed by atoms with Gasteiger partial charge in [0.05, 0.1) is 28.1 Å². The number of methoxy groups -OCH3 is 1. The van der Waals surface area contributed by atoms with E-state index >= 15 is 0 Å². The van der Waals surface area contributed by atoms with Gasteiger partial charge in [0, 0.05) is 34.6 Å². The Bertz CT molecular complexity index is 1050. The maximum atomic E-state index is 12.5. The summed E-state index contributed by atoms with van der Waals surface area (Å²) in [5.41, 5.74) is 1.67. The smallest absolute Gasteiger partial charge is 0.251 e. The average Bonchev–Trinajstić information content (AvgIpc) is 3.09. The minimum atomic E-state index is 0.0145. The molecule has 0 aliphatic carbocycles. The van der Waals surface area contributed by atoms with Gasteiger partial charge in [0.1, 0.15) is 5.75 Å². The van der Waals surface area contributed by atoms with E-state index in [1.165, 1.54) is 27.9 Å². The van der Waals surface area contributed by atoms with Gasteiger partial charge in [-0.3, -0.25) is 9.78 Å². The van der Waals surface area contributed by atoms with Crippen LogP contribution in [0, 0.1) is 5.92 Å². The topological polar surface area (TPSA) is 47.4 Å². The van der Waals surface area contributed by atoms with Crippen molar-refractivity contribution in [3.05, 3.63) is 54.0 Å². The molecule has 1 saturated heterocycles. The van der Waals surface area contributed by atoms with Crippen LogP contribution >= 0.6 is 43.2 Å². The van der Waals surface area contributed by atoms with Crippen LogP contribution in [0.5, 0.6) is 5.75 Å². The molecular weight excluding hydrogens is 530 g/mol. The van der Waals surface area contributed by atoms with Gasteiger partial charge in [-0.1, -0.05) is 0 Å². The van der Waals surface area contributed by atoms with E-state index in [4.69, 9.17) is 4.74 Å². The minimum absolute atomic E-state index is 0.0145.